The van der Waals surface area contributed by atoms with Crippen molar-refractivity contribution in [2.75, 3.05) is 76.9 Å². The first-order valence-electron chi connectivity index (χ1n) is 36.9. The first kappa shape index (κ1) is 79.4. The lowest BCUT2D eigenvalue weighted by atomic mass is 9.90. The van der Waals surface area contributed by atoms with Crippen molar-refractivity contribution in [3.05, 3.63) is 209 Å². The molecule has 1 aliphatic carbocycles. The number of carbonyl (C=O) groups is 6. The summed E-state index contributed by atoms with van der Waals surface area (Å²) in [5, 5.41) is 30.7. The average Bonchev–Trinajstić information content (AvgIpc) is 0.876. The van der Waals surface area contributed by atoms with Gasteiger partial charge >= 0.3 is 0 Å². The van der Waals surface area contributed by atoms with Crippen LogP contribution in [-0.4, -0.2) is 170 Å². The zero-order valence-electron chi connectivity index (χ0n) is 62.2. The van der Waals surface area contributed by atoms with E-state index in [1.807, 2.05) is 37.3 Å². The number of carbonyl (C=O) groups excluding carboxylic acids is 6. The number of benzene rings is 7. The van der Waals surface area contributed by atoms with Crippen LogP contribution in [-0.2, 0) is 52.0 Å². The molecule has 25 heteroatoms. The van der Waals surface area contributed by atoms with E-state index in [-0.39, 0.29) is 78.8 Å². The highest BCUT2D eigenvalue weighted by Gasteiger charge is 2.36. The Morgan fingerprint density at radius 3 is 2.01 bits per heavy atom. The number of hydrogen-bond donors (Lipinski definition) is 4. The quantitative estimate of drug-likeness (QED) is 0.0126. The number of sulfonamides is 1. The zero-order valence-corrected chi connectivity index (χ0v) is 63.9. The summed E-state index contributed by atoms with van der Waals surface area (Å²) in [4.78, 5) is 87.2. The van der Waals surface area contributed by atoms with Crippen molar-refractivity contribution in [1.82, 2.24) is 49.6 Å². The van der Waals surface area contributed by atoms with Crippen LogP contribution in [0.5, 0.6) is 0 Å². The van der Waals surface area contributed by atoms with Gasteiger partial charge < -0.3 is 40.2 Å². The molecule has 0 saturated carbocycles. The molecule has 1 saturated heterocycles. The fraction of sp³-hybridized carbons (Fsp3) is 0.378. The fourth-order valence-electron chi connectivity index (χ4n) is 13.5. The monoisotopic (exact) mass is 1490 g/mol. The molecular formula is C82H98N11O12S2+. The van der Waals surface area contributed by atoms with E-state index in [0.29, 0.717) is 74.2 Å². The maximum absolute atomic E-state index is 14.7. The molecular weight excluding hydrogens is 1400 g/mol. The van der Waals surface area contributed by atoms with Gasteiger partial charge in [0.1, 0.15) is 41.1 Å². The number of aliphatic hydroxyl groups excluding tert-OH is 1. The van der Waals surface area contributed by atoms with Gasteiger partial charge in [-0.05, 0) is 120 Å². The Kier molecular flexibility index (Phi) is 27.0. The first-order valence-corrected chi connectivity index (χ1v) is 39.9. The number of nitrogens with zero attached hydrogens (tertiary/aromatic N) is 8. The van der Waals surface area contributed by atoms with Gasteiger partial charge in [0, 0.05) is 136 Å². The summed E-state index contributed by atoms with van der Waals surface area (Å²) in [6, 6.07) is 45.5. The van der Waals surface area contributed by atoms with Crippen LogP contribution in [0.4, 0.5) is 5.69 Å². The number of nitrogens with one attached hydrogen (secondary N) is 3. The number of aryl methyl sites for hydroxylation is 1. The molecule has 5 amide bonds. The van der Waals surface area contributed by atoms with Crippen molar-refractivity contribution >= 4 is 71.8 Å². The van der Waals surface area contributed by atoms with Gasteiger partial charge in [0.2, 0.25) is 48.8 Å². The third-order valence-corrected chi connectivity index (χ3v) is 23.5. The number of fused-ring (bicyclic) bond motifs is 2. The fourth-order valence-corrected chi connectivity index (χ4v) is 17.1. The van der Waals surface area contributed by atoms with Crippen LogP contribution in [0.25, 0.3) is 33.4 Å². The van der Waals surface area contributed by atoms with Crippen molar-refractivity contribution in [3.8, 4) is 22.5 Å². The maximum atomic E-state index is 14.7. The number of aliphatic hydroxyl groups is 1. The highest BCUT2D eigenvalue weighted by atomic mass is 32.2. The van der Waals surface area contributed by atoms with Crippen LogP contribution in [0.3, 0.4) is 0 Å². The third-order valence-electron chi connectivity index (χ3n) is 19.6. The molecule has 0 bridgehead atoms. The van der Waals surface area contributed by atoms with Crippen LogP contribution in [0.15, 0.2) is 189 Å². The summed E-state index contributed by atoms with van der Waals surface area (Å²) in [5.74, 6) is -1.20. The number of sulfone groups is 1. The van der Waals surface area contributed by atoms with Crippen LogP contribution in [0.2, 0.25) is 0 Å². The predicted molar refractivity (Wildman–Crippen MR) is 413 cm³/mol. The second-order valence-corrected chi connectivity index (χ2v) is 31.3. The van der Waals surface area contributed by atoms with Gasteiger partial charge in [-0.1, -0.05) is 128 Å². The van der Waals surface area contributed by atoms with E-state index in [1.54, 1.807) is 91.2 Å². The molecule has 1 aromatic heterocycles. The van der Waals surface area contributed by atoms with E-state index >= 15 is 0 Å². The van der Waals surface area contributed by atoms with Crippen molar-refractivity contribution < 1.29 is 55.1 Å². The molecule has 1 unspecified atom stereocenters. The van der Waals surface area contributed by atoms with Crippen LogP contribution in [0.1, 0.15) is 136 Å². The third kappa shape index (κ3) is 19.5. The molecule has 4 N–H and O–H groups in total. The van der Waals surface area contributed by atoms with Gasteiger partial charge in [0.15, 0.2) is 5.78 Å². The summed E-state index contributed by atoms with van der Waals surface area (Å²) in [6.07, 6.45) is 1.80. The molecule has 107 heavy (non-hydrogen) atoms. The van der Waals surface area contributed by atoms with Gasteiger partial charge in [0.25, 0.3) is 5.91 Å². The highest BCUT2D eigenvalue weighted by Crippen LogP contribution is 2.43. The Morgan fingerprint density at radius 2 is 1.32 bits per heavy atom. The van der Waals surface area contributed by atoms with E-state index in [0.717, 1.165) is 80.5 Å². The largest absolute Gasteiger partial charge is 0.456 e. The van der Waals surface area contributed by atoms with Gasteiger partial charge in [0.05, 0.1) is 40.7 Å². The van der Waals surface area contributed by atoms with E-state index < -0.39 is 66.2 Å². The molecule has 3 heterocycles. The number of hydrogen-bond acceptors (Lipinski definition) is 15. The molecule has 2 aliphatic heterocycles. The van der Waals surface area contributed by atoms with Crippen molar-refractivity contribution in [2.45, 2.75) is 140 Å². The van der Waals surface area contributed by atoms with Crippen LogP contribution >= 0.6 is 0 Å². The molecule has 6 aromatic carbocycles. The van der Waals surface area contributed by atoms with Gasteiger partial charge in [-0.3, -0.25) is 28.8 Å². The van der Waals surface area contributed by atoms with Crippen LogP contribution < -0.4 is 30.8 Å². The smallest absolute Gasteiger partial charge is 0.254 e. The summed E-state index contributed by atoms with van der Waals surface area (Å²) in [6.45, 7) is 19.9. The second-order valence-electron chi connectivity index (χ2n) is 27.5. The Balaban J connectivity index is 0.702. The van der Waals surface area contributed by atoms with Crippen molar-refractivity contribution in [3.63, 3.8) is 0 Å². The van der Waals surface area contributed by atoms with Gasteiger partial charge in [-0.25, -0.2) is 26.1 Å². The summed E-state index contributed by atoms with van der Waals surface area (Å²) in [7, 11) is -8.81. The van der Waals surface area contributed by atoms with Crippen molar-refractivity contribution in [1.29, 1.82) is 0 Å². The van der Waals surface area contributed by atoms with E-state index in [2.05, 4.69) is 99.8 Å². The summed E-state index contributed by atoms with van der Waals surface area (Å²) in [5.41, 5.74) is 7.66. The zero-order chi connectivity index (χ0) is 76.5. The lowest BCUT2D eigenvalue weighted by molar-refractivity contribution is -0.134. The molecule has 3 atom stereocenters. The number of unbranched alkanes of at least 4 members (excludes halogenated alkanes) is 2. The molecule has 3 aliphatic rings. The topological polar surface area (TPSA) is 287 Å². The molecule has 0 spiro atoms. The van der Waals surface area contributed by atoms with E-state index in [4.69, 9.17) is 4.42 Å². The van der Waals surface area contributed by atoms with Crippen molar-refractivity contribution in [2.24, 2.45) is 5.92 Å². The van der Waals surface area contributed by atoms with E-state index in [9.17, 15) is 50.7 Å². The maximum Gasteiger partial charge on any atom is 0.254 e. The first-order chi connectivity index (χ1) is 51.4. The lowest BCUT2D eigenvalue weighted by Gasteiger charge is -2.35. The minimum Gasteiger partial charge on any atom is -0.456 e. The Bertz CT molecular complexity index is 4890. The number of aromatic nitrogens is 3. The number of rotatable bonds is 34. The minimum atomic E-state index is -4.53. The Morgan fingerprint density at radius 1 is 0.654 bits per heavy atom. The molecule has 7 aromatic rings. The highest BCUT2D eigenvalue weighted by molar-refractivity contribution is 7.93. The number of anilines is 1. The minimum absolute atomic E-state index is 0.00232. The number of ketones is 1. The second kappa shape index (κ2) is 36.4. The Hall–Kier alpha value is -10.2. The van der Waals surface area contributed by atoms with Gasteiger partial charge in [-0.15, -0.1) is 5.10 Å². The SMILES string of the molecule is CCN(CC)c1ccc2c(-c3ccccc3C(=O)N3CCN(C(=O)CCC(=O)NCCCCCC(=O)N[C@@H](Cc4ccc(C(=O)c5ccccc5)cc4)C(=O)NCc4cn([C@@H](C)C(O)CN(CC(C)C)S(=O)(=O)c5ccccc5S(=O)(=O)c5ccc(C)cc5)nn4)CC3)c3ccc(=[N+](CC)CC)cc-3oc2c1. The predicted octanol–water partition coefficient (Wildman–Crippen LogP) is 9.88. The number of amides is 5. The van der Waals surface area contributed by atoms with Gasteiger partial charge in [-0.2, -0.15) is 4.31 Å². The summed E-state index contributed by atoms with van der Waals surface area (Å²) >= 11 is 0. The summed E-state index contributed by atoms with van der Waals surface area (Å²) < 4.78 is 68.3. The normalized spacial score (nSPS) is 13.5. The Labute approximate surface area is 627 Å². The van der Waals surface area contributed by atoms with E-state index in [1.165, 1.54) is 47.3 Å². The van der Waals surface area contributed by atoms with Crippen LogP contribution in [0, 0.1) is 12.8 Å². The average molecular weight is 1490 g/mol. The molecule has 1 fully saturated rings. The standard InChI is InChI=1S/C82H97N11O12S2/c1-9-88(10-2)63-36-40-68-72(50-63)105-73-51-64(89(11-3)12-4)37-41-69(73)79(68)66-25-18-19-26-67(66)82(100)91-47-45-90(46-48-91)78(97)43-42-76(95)83-44-22-14-17-29-77(96)85-70(49-59-32-34-61(35-33-59)80(98)60-23-15-13-16-24-60)81(99)84-52-62-54-93(87-86-62)58(8)71(94)55-92(53-56(5)6)107(103,104)75-28-21-20-27-74(75)106(101,102)65-38-30-57(7)31-39-65/h13,15-16,18-21,23-28,30-41,50-51,54,56,58,70-71,94H,9-12,14,17,22,29,42-49,52-53,55H2,1-8H3,(H2-,83,84,85,95,96,99)/p+1/t58-,70-,71?/m0/s1. The molecule has 564 valence electrons. The molecule has 10 rings (SSSR count). The number of piperazine rings is 1. The molecule has 23 nitrogen and oxygen atoms in total. The lowest BCUT2D eigenvalue weighted by Crippen LogP contribution is -2.50. The molecule has 0 radical (unpaired) electrons.